The van der Waals surface area contributed by atoms with Gasteiger partial charge in [-0.25, -0.2) is 4.79 Å². The predicted molar refractivity (Wildman–Crippen MR) is 85.6 cm³/mol. The minimum absolute atomic E-state index is 0.0828. The summed E-state index contributed by atoms with van der Waals surface area (Å²) in [5.41, 5.74) is 0.468. The molecule has 1 saturated heterocycles. The number of hydrogen-bond donors (Lipinski definition) is 2. The molecule has 1 atom stereocenters. The fraction of sp³-hybridized carbons (Fsp3) is 0.625. The number of ether oxygens (including phenoxy) is 1. The normalized spacial score (nSPS) is 27.1. The molecule has 1 saturated carbocycles. The van der Waals surface area contributed by atoms with Crippen molar-refractivity contribution in [2.24, 2.45) is 0 Å². The van der Waals surface area contributed by atoms with Crippen LogP contribution < -0.4 is 5.32 Å². The lowest BCUT2D eigenvalue weighted by Crippen LogP contribution is -2.41. The number of carboxylic acid groups (broad SMARTS) is 1. The second kappa shape index (κ2) is 6.26. The molecule has 22 heavy (non-hydrogen) atoms. The summed E-state index contributed by atoms with van der Waals surface area (Å²) in [6, 6.07) is 1.93. The maximum absolute atomic E-state index is 11.0. The standard InChI is InChI=1S/C16H21BrN2O3/c17-13-8-18-7-4-12(13)16(22-9-14(20)21)10-15(19-11-16)5-2-1-3-6-15/h4,7-8,19H,1-3,5-6,9-11H2,(H,20,21). The summed E-state index contributed by atoms with van der Waals surface area (Å²) in [6.07, 6.45) is 10.3. The summed E-state index contributed by atoms with van der Waals surface area (Å²) in [5, 5.41) is 12.7. The van der Waals surface area contributed by atoms with Crippen LogP contribution in [0.4, 0.5) is 0 Å². The number of halogens is 1. The van der Waals surface area contributed by atoms with E-state index in [2.05, 4.69) is 26.2 Å². The molecule has 5 nitrogen and oxygen atoms in total. The van der Waals surface area contributed by atoms with Crippen molar-refractivity contribution in [1.82, 2.24) is 10.3 Å². The number of pyridine rings is 1. The van der Waals surface area contributed by atoms with Crippen molar-refractivity contribution in [3.63, 3.8) is 0 Å². The Morgan fingerprint density at radius 2 is 2.18 bits per heavy atom. The van der Waals surface area contributed by atoms with Crippen molar-refractivity contribution < 1.29 is 14.6 Å². The monoisotopic (exact) mass is 368 g/mol. The van der Waals surface area contributed by atoms with Gasteiger partial charge in [0.25, 0.3) is 0 Å². The van der Waals surface area contributed by atoms with Crippen molar-refractivity contribution in [2.45, 2.75) is 49.7 Å². The van der Waals surface area contributed by atoms with Gasteiger partial charge in [-0.3, -0.25) is 4.98 Å². The highest BCUT2D eigenvalue weighted by Gasteiger charge is 2.50. The van der Waals surface area contributed by atoms with Crippen molar-refractivity contribution in [3.8, 4) is 0 Å². The fourth-order valence-corrected chi connectivity index (χ4v) is 4.51. The molecular weight excluding hydrogens is 348 g/mol. The molecule has 1 aromatic heterocycles. The zero-order valence-corrected chi connectivity index (χ0v) is 14.1. The number of carboxylic acids is 1. The van der Waals surface area contributed by atoms with Crippen molar-refractivity contribution in [3.05, 3.63) is 28.5 Å². The van der Waals surface area contributed by atoms with E-state index in [4.69, 9.17) is 9.84 Å². The minimum Gasteiger partial charge on any atom is -0.480 e. The molecule has 1 aromatic rings. The average Bonchev–Trinajstić information content (AvgIpc) is 2.86. The summed E-state index contributed by atoms with van der Waals surface area (Å²) < 4.78 is 6.80. The van der Waals surface area contributed by atoms with Gasteiger partial charge in [-0.1, -0.05) is 19.3 Å². The Morgan fingerprint density at radius 1 is 1.41 bits per heavy atom. The number of aliphatic carboxylic acids is 1. The SMILES string of the molecule is O=C(O)COC1(c2ccncc2Br)CNC2(CCCCC2)C1. The number of hydrogen-bond acceptors (Lipinski definition) is 4. The zero-order chi connectivity index (χ0) is 15.6. The molecule has 2 N–H and O–H groups in total. The van der Waals surface area contributed by atoms with E-state index in [1.54, 1.807) is 12.4 Å². The maximum Gasteiger partial charge on any atom is 0.329 e. The molecule has 1 aliphatic carbocycles. The third-order valence-corrected chi connectivity index (χ3v) is 5.55. The van der Waals surface area contributed by atoms with Crippen LogP contribution in [0.2, 0.25) is 0 Å². The number of carbonyl (C=O) groups is 1. The third kappa shape index (κ3) is 3.05. The van der Waals surface area contributed by atoms with Crippen LogP contribution in [-0.2, 0) is 15.1 Å². The molecule has 0 bridgehead atoms. The number of nitrogens with zero attached hydrogens (tertiary/aromatic N) is 1. The van der Waals surface area contributed by atoms with Gasteiger partial charge in [0.05, 0.1) is 0 Å². The molecule has 2 fully saturated rings. The molecule has 0 aromatic carbocycles. The van der Waals surface area contributed by atoms with Gasteiger partial charge >= 0.3 is 5.97 Å². The van der Waals surface area contributed by atoms with Crippen LogP contribution in [-0.4, -0.2) is 34.8 Å². The first-order chi connectivity index (χ1) is 10.6. The van der Waals surface area contributed by atoms with E-state index in [0.29, 0.717) is 6.54 Å². The van der Waals surface area contributed by atoms with Crippen LogP contribution in [0.1, 0.15) is 44.1 Å². The summed E-state index contributed by atoms with van der Waals surface area (Å²) in [4.78, 5) is 15.1. The van der Waals surface area contributed by atoms with Crippen molar-refractivity contribution >= 4 is 21.9 Å². The topological polar surface area (TPSA) is 71.5 Å². The first-order valence-electron chi connectivity index (χ1n) is 7.76. The Bertz CT molecular complexity index is 560. The van der Waals surface area contributed by atoms with Crippen LogP contribution in [0.25, 0.3) is 0 Å². The first kappa shape index (κ1) is 15.9. The second-order valence-electron chi connectivity index (χ2n) is 6.40. The zero-order valence-electron chi connectivity index (χ0n) is 12.5. The number of nitrogens with one attached hydrogen (secondary N) is 1. The Morgan fingerprint density at radius 3 is 2.86 bits per heavy atom. The van der Waals surface area contributed by atoms with Gasteiger partial charge in [0, 0.05) is 40.9 Å². The van der Waals surface area contributed by atoms with Gasteiger partial charge in [0.15, 0.2) is 0 Å². The molecule has 1 spiro atoms. The Balaban J connectivity index is 1.91. The van der Waals surface area contributed by atoms with E-state index >= 15 is 0 Å². The molecule has 2 heterocycles. The summed E-state index contributed by atoms with van der Waals surface area (Å²) in [6.45, 7) is 0.357. The highest BCUT2D eigenvalue weighted by Crippen LogP contribution is 2.46. The Hall–Kier alpha value is -0.980. The van der Waals surface area contributed by atoms with Crippen LogP contribution in [0.15, 0.2) is 22.9 Å². The van der Waals surface area contributed by atoms with E-state index in [-0.39, 0.29) is 12.1 Å². The van der Waals surface area contributed by atoms with Gasteiger partial charge in [0.1, 0.15) is 12.2 Å². The van der Waals surface area contributed by atoms with Gasteiger partial charge in [-0.2, -0.15) is 0 Å². The van der Waals surface area contributed by atoms with E-state index in [9.17, 15) is 4.79 Å². The quantitative estimate of drug-likeness (QED) is 0.854. The fourth-order valence-electron chi connectivity index (χ4n) is 3.90. The molecule has 3 rings (SSSR count). The number of aromatic nitrogens is 1. The second-order valence-corrected chi connectivity index (χ2v) is 7.26. The highest BCUT2D eigenvalue weighted by molar-refractivity contribution is 9.10. The Kier molecular flexibility index (Phi) is 4.52. The van der Waals surface area contributed by atoms with Gasteiger partial charge in [-0.15, -0.1) is 0 Å². The van der Waals surface area contributed by atoms with Crippen molar-refractivity contribution in [1.29, 1.82) is 0 Å². The van der Waals surface area contributed by atoms with Crippen LogP contribution in [0.5, 0.6) is 0 Å². The molecule has 0 radical (unpaired) electrons. The lowest BCUT2D eigenvalue weighted by molar-refractivity contribution is -0.150. The smallest absolute Gasteiger partial charge is 0.329 e. The maximum atomic E-state index is 11.0. The molecule has 6 heteroatoms. The molecule has 2 aliphatic rings. The highest BCUT2D eigenvalue weighted by atomic mass is 79.9. The third-order valence-electron chi connectivity index (χ3n) is 4.92. The molecule has 120 valence electrons. The molecule has 0 amide bonds. The lowest BCUT2D eigenvalue weighted by atomic mass is 9.76. The van der Waals surface area contributed by atoms with E-state index < -0.39 is 11.6 Å². The summed E-state index contributed by atoms with van der Waals surface area (Å²) in [7, 11) is 0. The largest absolute Gasteiger partial charge is 0.480 e. The Labute approximate surface area is 138 Å². The molecule has 1 unspecified atom stereocenters. The van der Waals surface area contributed by atoms with E-state index in [1.807, 2.05) is 6.07 Å². The van der Waals surface area contributed by atoms with Gasteiger partial charge in [0.2, 0.25) is 0 Å². The summed E-state index contributed by atoms with van der Waals surface area (Å²) in [5.74, 6) is -0.936. The van der Waals surface area contributed by atoms with Gasteiger partial charge < -0.3 is 15.2 Å². The lowest BCUT2D eigenvalue weighted by Gasteiger charge is -2.36. The van der Waals surface area contributed by atoms with E-state index in [1.165, 1.54) is 19.3 Å². The van der Waals surface area contributed by atoms with Gasteiger partial charge in [-0.05, 0) is 34.8 Å². The van der Waals surface area contributed by atoms with Crippen LogP contribution in [0.3, 0.4) is 0 Å². The predicted octanol–water partition coefficient (Wildman–Crippen LogP) is 2.84. The van der Waals surface area contributed by atoms with E-state index in [0.717, 1.165) is 29.3 Å². The van der Waals surface area contributed by atoms with Crippen LogP contribution >= 0.6 is 15.9 Å². The van der Waals surface area contributed by atoms with Crippen molar-refractivity contribution in [2.75, 3.05) is 13.2 Å². The molecule has 1 aliphatic heterocycles. The van der Waals surface area contributed by atoms with Crippen LogP contribution in [0, 0.1) is 0 Å². The molecular formula is C16H21BrN2O3. The number of rotatable bonds is 4. The average molecular weight is 369 g/mol. The first-order valence-corrected chi connectivity index (χ1v) is 8.55. The minimum atomic E-state index is -0.936. The summed E-state index contributed by atoms with van der Waals surface area (Å²) >= 11 is 3.54.